The Morgan fingerprint density at radius 3 is 2.36 bits per heavy atom. The second-order valence-corrected chi connectivity index (χ2v) is 7.89. The molecule has 0 saturated carbocycles. The van der Waals surface area contributed by atoms with Gasteiger partial charge in [0, 0.05) is 6.07 Å². The fourth-order valence-electron chi connectivity index (χ4n) is 2.76. The number of hydrogen-bond donors (Lipinski definition) is 1. The van der Waals surface area contributed by atoms with Crippen LogP contribution in [0.3, 0.4) is 0 Å². The molecule has 0 spiro atoms. The number of fused-ring (bicyclic) bond motifs is 1. The van der Waals surface area contributed by atoms with Gasteiger partial charge < -0.3 is 4.74 Å². The Labute approximate surface area is 161 Å². The zero-order valence-corrected chi connectivity index (χ0v) is 15.9. The number of hydrogen-bond acceptors (Lipinski definition) is 4. The van der Waals surface area contributed by atoms with Gasteiger partial charge in [0.25, 0.3) is 10.0 Å². The van der Waals surface area contributed by atoms with E-state index in [1.165, 1.54) is 6.92 Å². The van der Waals surface area contributed by atoms with Crippen LogP contribution in [-0.2, 0) is 14.8 Å². The van der Waals surface area contributed by atoms with Gasteiger partial charge in [-0.2, -0.15) is 0 Å². The summed E-state index contributed by atoms with van der Waals surface area (Å²) in [5.41, 5.74) is 0.588. The van der Waals surface area contributed by atoms with Crippen molar-refractivity contribution in [3.05, 3.63) is 71.8 Å². The van der Waals surface area contributed by atoms with Gasteiger partial charge >= 0.3 is 0 Å². The Kier molecular flexibility index (Phi) is 5.33. The van der Waals surface area contributed by atoms with Gasteiger partial charge in [-0.15, -0.1) is 0 Å². The lowest BCUT2D eigenvalue weighted by Crippen LogP contribution is -2.34. The summed E-state index contributed by atoms with van der Waals surface area (Å²) in [6.45, 7) is 1.54. The van der Waals surface area contributed by atoms with Crippen molar-refractivity contribution in [2.45, 2.75) is 17.7 Å². The van der Waals surface area contributed by atoms with Crippen LogP contribution in [0.5, 0.6) is 5.75 Å². The Balaban J connectivity index is 1.85. The minimum atomic E-state index is -4.47. The third-order valence-corrected chi connectivity index (χ3v) is 5.76. The molecule has 3 aromatic carbocycles. The highest BCUT2D eigenvalue weighted by molar-refractivity contribution is 7.90. The number of carbonyl (C=O) groups is 1. The van der Waals surface area contributed by atoms with Gasteiger partial charge in [0.05, 0.1) is 13.0 Å². The lowest BCUT2D eigenvalue weighted by Gasteiger charge is -2.14. The maximum absolute atomic E-state index is 13.8. The van der Waals surface area contributed by atoms with Crippen LogP contribution in [0.2, 0.25) is 0 Å². The number of rotatable bonds is 5. The molecule has 0 aliphatic heterocycles. The number of amides is 1. The number of methoxy groups -OCH3 is 1. The Morgan fingerprint density at radius 2 is 1.68 bits per heavy atom. The molecule has 1 unspecified atom stereocenters. The average molecular weight is 405 g/mol. The average Bonchev–Trinajstić information content (AvgIpc) is 2.65. The van der Waals surface area contributed by atoms with Gasteiger partial charge in [0.1, 0.15) is 22.3 Å². The molecule has 0 aromatic heterocycles. The molecule has 5 nitrogen and oxygen atoms in total. The highest BCUT2D eigenvalue weighted by atomic mass is 32.2. The molecule has 0 bridgehead atoms. The molecule has 0 aliphatic carbocycles. The van der Waals surface area contributed by atoms with Crippen LogP contribution in [0.4, 0.5) is 8.78 Å². The number of carbonyl (C=O) groups excluding carboxylic acids is 1. The number of ether oxygens (including phenoxy) is 1. The highest BCUT2D eigenvalue weighted by Gasteiger charge is 2.25. The molecule has 3 rings (SSSR count). The fraction of sp³-hybridized carbons (Fsp3) is 0.150. The Hall–Kier alpha value is -3.00. The molecule has 28 heavy (non-hydrogen) atoms. The first-order chi connectivity index (χ1) is 13.2. The third-order valence-electron chi connectivity index (χ3n) is 4.38. The van der Waals surface area contributed by atoms with Gasteiger partial charge in [0.15, 0.2) is 0 Å². The van der Waals surface area contributed by atoms with E-state index in [9.17, 15) is 22.0 Å². The van der Waals surface area contributed by atoms with E-state index < -0.39 is 38.4 Å². The third kappa shape index (κ3) is 3.96. The maximum Gasteiger partial charge on any atom is 0.266 e. The second kappa shape index (κ2) is 7.55. The van der Waals surface area contributed by atoms with Crippen molar-refractivity contribution in [3.63, 3.8) is 0 Å². The minimum absolute atomic E-state index is 0.445. The van der Waals surface area contributed by atoms with Crippen LogP contribution in [0, 0.1) is 11.6 Å². The predicted molar refractivity (Wildman–Crippen MR) is 101 cm³/mol. The zero-order valence-electron chi connectivity index (χ0n) is 15.1. The first kappa shape index (κ1) is 19.8. The number of sulfonamides is 1. The van der Waals surface area contributed by atoms with Gasteiger partial charge in [-0.1, -0.05) is 24.3 Å². The van der Waals surface area contributed by atoms with Crippen LogP contribution in [0.15, 0.2) is 59.5 Å². The molecule has 1 N–H and O–H groups in total. The molecule has 3 aromatic rings. The molecule has 0 radical (unpaired) electrons. The summed E-state index contributed by atoms with van der Waals surface area (Å²) in [4.78, 5) is 11.6. The summed E-state index contributed by atoms with van der Waals surface area (Å²) >= 11 is 0. The summed E-state index contributed by atoms with van der Waals surface area (Å²) in [5, 5.41) is 1.75. The summed E-state index contributed by atoms with van der Waals surface area (Å²) in [5.74, 6) is -3.13. The molecule has 8 heteroatoms. The zero-order chi connectivity index (χ0) is 20.5. The monoisotopic (exact) mass is 405 g/mol. The van der Waals surface area contributed by atoms with Crippen molar-refractivity contribution in [1.29, 1.82) is 0 Å². The van der Waals surface area contributed by atoms with Crippen LogP contribution >= 0.6 is 0 Å². The van der Waals surface area contributed by atoms with Gasteiger partial charge in [0.2, 0.25) is 5.91 Å². The first-order valence-corrected chi connectivity index (χ1v) is 9.79. The van der Waals surface area contributed by atoms with E-state index in [1.807, 2.05) is 16.9 Å². The van der Waals surface area contributed by atoms with Crippen molar-refractivity contribution < 1.29 is 26.7 Å². The smallest absolute Gasteiger partial charge is 0.266 e. The summed E-state index contributed by atoms with van der Waals surface area (Å²) in [6.07, 6.45) is 0. The lowest BCUT2D eigenvalue weighted by atomic mass is 9.97. The van der Waals surface area contributed by atoms with Crippen molar-refractivity contribution in [2.75, 3.05) is 7.11 Å². The number of benzene rings is 3. The molecule has 0 fully saturated rings. The van der Waals surface area contributed by atoms with Crippen LogP contribution in [-0.4, -0.2) is 21.4 Å². The van der Waals surface area contributed by atoms with E-state index in [-0.39, 0.29) is 0 Å². The molecular weight excluding hydrogens is 388 g/mol. The molecular formula is C20H17F2NO4S. The van der Waals surface area contributed by atoms with Crippen molar-refractivity contribution in [1.82, 2.24) is 4.72 Å². The minimum Gasteiger partial charge on any atom is -0.497 e. The molecule has 146 valence electrons. The normalized spacial score (nSPS) is 12.6. The van der Waals surface area contributed by atoms with E-state index in [2.05, 4.69) is 0 Å². The molecule has 1 amide bonds. The lowest BCUT2D eigenvalue weighted by molar-refractivity contribution is -0.120. The van der Waals surface area contributed by atoms with E-state index in [4.69, 9.17) is 4.74 Å². The Bertz CT molecular complexity index is 1160. The molecule has 0 saturated heterocycles. The predicted octanol–water partition coefficient (Wildman–Crippen LogP) is 3.74. The fourth-order valence-corrected chi connectivity index (χ4v) is 3.87. The first-order valence-electron chi connectivity index (χ1n) is 8.30. The second-order valence-electron chi connectivity index (χ2n) is 6.24. The summed E-state index contributed by atoms with van der Waals surface area (Å²) in [7, 11) is -2.91. The summed E-state index contributed by atoms with van der Waals surface area (Å²) < 4.78 is 58.4. The van der Waals surface area contributed by atoms with Gasteiger partial charge in [-0.05, 0) is 47.5 Å². The topological polar surface area (TPSA) is 72.5 Å². The van der Waals surface area contributed by atoms with Gasteiger partial charge in [-0.3, -0.25) is 4.79 Å². The van der Waals surface area contributed by atoms with Gasteiger partial charge in [-0.25, -0.2) is 21.9 Å². The van der Waals surface area contributed by atoms with Crippen molar-refractivity contribution in [3.8, 4) is 5.75 Å². The maximum atomic E-state index is 13.8. The highest BCUT2D eigenvalue weighted by Crippen LogP contribution is 2.26. The molecule has 1 atom stereocenters. The van der Waals surface area contributed by atoms with Crippen LogP contribution < -0.4 is 9.46 Å². The SMILES string of the molecule is COc1ccc2cc(C(C)C(=O)NS(=O)(=O)c3ccc(F)cc3F)ccc2c1. The van der Waals surface area contributed by atoms with E-state index in [0.717, 1.165) is 22.9 Å². The summed E-state index contributed by atoms with van der Waals surface area (Å²) in [6, 6.07) is 12.7. The van der Waals surface area contributed by atoms with Crippen molar-refractivity contribution >= 4 is 26.7 Å². The molecule has 0 aliphatic rings. The van der Waals surface area contributed by atoms with E-state index in [1.54, 1.807) is 31.4 Å². The van der Waals surface area contributed by atoms with E-state index >= 15 is 0 Å². The van der Waals surface area contributed by atoms with Crippen molar-refractivity contribution in [2.24, 2.45) is 0 Å². The molecule has 0 heterocycles. The van der Waals surface area contributed by atoms with E-state index in [0.29, 0.717) is 17.4 Å². The quantitative estimate of drug-likeness (QED) is 0.702. The van der Waals surface area contributed by atoms with Crippen LogP contribution in [0.1, 0.15) is 18.4 Å². The largest absolute Gasteiger partial charge is 0.497 e. The standard InChI is InChI=1S/C20H17F2NO4S/c1-12(13-3-4-15-10-17(27-2)7-5-14(15)9-13)20(24)23-28(25,26)19-8-6-16(21)11-18(19)22/h3-12H,1-2H3,(H,23,24). The van der Waals surface area contributed by atoms with Crippen LogP contribution in [0.25, 0.3) is 10.8 Å². The number of nitrogens with one attached hydrogen (secondary N) is 1. The number of halogens is 2. The Morgan fingerprint density at radius 1 is 1.00 bits per heavy atom.